The first-order valence-corrected chi connectivity index (χ1v) is 4.38. The summed E-state index contributed by atoms with van der Waals surface area (Å²) in [4.78, 5) is 0. The molecule has 1 aliphatic rings. The van der Waals surface area contributed by atoms with Crippen molar-refractivity contribution in [3.8, 4) is 5.75 Å². The third-order valence-electron chi connectivity index (χ3n) is 2.42. The predicted molar refractivity (Wildman–Crippen MR) is 49.3 cm³/mol. The van der Waals surface area contributed by atoms with Gasteiger partial charge >= 0.3 is 0 Å². The number of ether oxygens (including phenoxy) is 1. The molecule has 0 saturated carbocycles. The highest BCUT2D eigenvalue weighted by Gasteiger charge is 2.12. The van der Waals surface area contributed by atoms with E-state index in [0.29, 0.717) is 0 Å². The summed E-state index contributed by atoms with van der Waals surface area (Å²) < 4.78 is 5.29. The molecule has 1 nitrogen and oxygen atoms in total. The van der Waals surface area contributed by atoms with E-state index in [1.165, 1.54) is 24.0 Å². The van der Waals surface area contributed by atoms with Crippen LogP contribution < -0.4 is 4.74 Å². The fourth-order valence-electron chi connectivity index (χ4n) is 1.77. The molecule has 1 heteroatoms. The molecule has 0 spiro atoms. The van der Waals surface area contributed by atoms with E-state index in [0.717, 1.165) is 12.2 Å². The maximum atomic E-state index is 5.29. The lowest BCUT2D eigenvalue weighted by Gasteiger charge is -2.17. The van der Waals surface area contributed by atoms with E-state index < -0.39 is 0 Å². The zero-order valence-corrected chi connectivity index (χ0v) is 7.34. The number of hydrogen-bond acceptors (Lipinski definition) is 1. The zero-order valence-electron chi connectivity index (χ0n) is 7.34. The molecule has 0 amide bonds. The summed E-state index contributed by atoms with van der Waals surface area (Å²) in [5.74, 6) is 1.04. The van der Waals surface area contributed by atoms with Gasteiger partial charge in [0.2, 0.25) is 0 Å². The van der Waals surface area contributed by atoms with Crippen LogP contribution in [0.5, 0.6) is 5.75 Å². The van der Waals surface area contributed by atoms with Gasteiger partial charge in [-0.2, -0.15) is 0 Å². The molecule has 0 fully saturated rings. The Morgan fingerprint density at radius 3 is 3.08 bits per heavy atom. The van der Waals surface area contributed by atoms with Gasteiger partial charge in [-0.05, 0) is 42.9 Å². The number of benzene rings is 1. The lowest BCUT2D eigenvalue weighted by atomic mass is 9.91. The Morgan fingerprint density at radius 2 is 2.25 bits per heavy atom. The lowest BCUT2D eigenvalue weighted by Crippen LogP contribution is -2.04. The summed E-state index contributed by atoms with van der Waals surface area (Å²) in [7, 11) is 1.74. The summed E-state index contributed by atoms with van der Waals surface area (Å²) in [5, 5.41) is 0. The number of aryl methyl sites for hydroxylation is 1. The van der Waals surface area contributed by atoms with E-state index in [-0.39, 0.29) is 0 Å². The first kappa shape index (κ1) is 7.66. The maximum absolute atomic E-state index is 5.29. The Balaban J connectivity index is 2.44. The van der Waals surface area contributed by atoms with E-state index in [1.807, 2.05) is 6.07 Å². The summed E-state index contributed by atoms with van der Waals surface area (Å²) in [6.45, 7) is 0. The van der Waals surface area contributed by atoms with Crippen LogP contribution in [-0.2, 0) is 12.8 Å². The lowest BCUT2D eigenvalue weighted by molar-refractivity contribution is 0.408. The fourth-order valence-corrected chi connectivity index (χ4v) is 1.77. The van der Waals surface area contributed by atoms with E-state index >= 15 is 0 Å². The van der Waals surface area contributed by atoms with E-state index in [1.54, 1.807) is 7.11 Å². The van der Waals surface area contributed by atoms with Gasteiger partial charge in [-0.1, -0.05) is 12.1 Å². The number of fused-ring (bicyclic) bond motifs is 1. The van der Waals surface area contributed by atoms with Crippen LogP contribution in [0.4, 0.5) is 0 Å². The molecule has 1 aromatic carbocycles. The second-order valence-corrected chi connectivity index (χ2v) is 3.13. The summed E-state index contributed by atoms with van der Waals surface area (Å²) in [6.07, 6.45) is 5.77. The highest BCUT2D eigenvalue weighted by Crippen LogP contribution is 2.28. The van der Waals surface area contributed by atoms with Gasteiger partial charge in [0, 0.05) is 0 Å². The largest absolute Gasteiger partial charge is 0.496 e. The second-order valence-electron chi connectivity index (χ2n) is 3.13. The third kappa shape index (κ3) is 1.20. The van der Waals surface area contributed by atoms with Crippen LogP contribution in [-0.4, -0.2) is 7.11 Å². The van der Waals surface area contributed by atoms with Gasteiger partial charge in [-0.3, -0.25) is 0 Å². The topological polar surface area (TPSA) is 9.23 Å². The molecule has 12 heavy (non-hydrogen) atoms. The number of methoxy groups -OCH3 is 1. The van der Waals surface area contributed by atoms with Crippen molar-refractivity contribution in [3.63, 3.8) is 0 Å². The molecule has 0 bridgehead atoms. The molecule has 0 aromatic heterocycles. The molecule has 0 saturated heterocycles. The SMILES string of the molecule is COc1cccc2c1C[CH]CC2. The summed E-state index contributed by atoms with van der Waals surface area (Å²) in [5.41, 5.74) is 2.84. The Kier molecular flexibility index (Phi) is 2.03. The Hall–Kier alpha value is -0.980. The van der Waals surface area contributed by atoms with Gasteiger partial charge in [-0.15, -0.1) is 0 Å². The molecule has 0 unspecified atom stereocenters. The van der Waals surface area contributed by atoms with Gasteiger partial charge in [0.25, 0.3) is 0 Å². The molecule has 0 N–H and O–H groups in total. The van der Waals surface area contributed by atoms with Crippen LogP contribution in [0.3, 0.4) is 0 Å². The van der Waals surface area contributed by atoms with Crippen molar-refractivity contribution < 1.29 is 4.74 Å². The van der Waals surface area contributed by atoms with Gasteiger partial charge in [0.1, 0.15) is 5.75 Å². The standard InChI is InChI=1S/C11H13O/c1-12-11-8-4-6-9-5-2-3-7-10(9)11/h3-4,6,8H,2,5,7H2,1H3. The molecule has 0 aliphatic heterocycles. The summed E-state index contributed by atoms with van der Waals surface area (Å²) in [6, 6.07) is 6.31. The smallest absolute Gasteiger partial charge is 0.122 e. The van der Waals surface area contributed by atoms with Crippen LogP contribution >= 0.6 is 0 Å². The average molecular weight is 161 g/mol. The van der Waals surface area contributed by atoms with Crippen LogP contribution in [0.25, 0.3) is 0 Å². The van der Waals surface area contributed by atoms with Gasteiger partial charge < -0.3 is 4.74 Å². The number of rotatable bonds is 1. The minimum absolute atomic E-state index is 1.04. The van der Waals surface area contributed by atoms with E-state index in [2.05, 4.69) is 18.6 Å². The van der Waals surface area contributed by atoms with Gasteiger partial charge in [0.15, 0.2) is 0 Å². The fraction of sp³-hybridized carbons (Fsp3) is 0.364. The van der Waals surface area contributed by atoms with Crippen molar-refractivity contribution in [1.29, 1.82) is 0 Å². The number of hydrogen-bond donors (Lipinski definition) is 0. The van der Waals surface area contributed by atoms with Crippen molar-refractivity contribution in [1.82, 2.24) is 0 Å². The van der Waals surface area contributed by atoms with Crippen LogP contribution in [0.15, 0.2) is 18.2 Å². The monoisotopic (exact) mass is 161 g/mol. The Labute approximate surface area is 73.4 Å². The average Bonchev–Trinajstić information content (AvgIpc) is 2.17. The van der Waals surface area contributed by atoms with E-state index in [9.17, 15) is 0 Å². The quantitative estimate of drug-likeness (QED) is 0.614. The van der Waals surface area contributed by atoms with Crippen molar-refractivity contribution in [2.45, 2.75) is 19.3 Å². The van der Waals surface area contributed by atoms with Crippen molar-refractivity contribution in [3.05, 3.63) is 35.7 Å². The third-order valence-corrected chi connectivity index (χ3v) is 2.42. The summed E-state index contributed by atoms with van der Waals surface area (Å²) >= 11 is 0. The maximum Gasteiger partial charge on any atom is 0.122 e. The Bertz CT molecular complexity index is 264. The van der Waals surface area contributed by atoms with Gasteiger partial charge in [-0.25, -0.2) is 0 Å². The molecule has 1 aromatic rings. The highest BCUT2D eigenvalue weighted by atomic mass is 16.5. The predicted octanol–water partition coefficient (Wildman–Crippen LogP) is 2.39. The molecular weight excluding hydrogens is 148 g/mol. The van der Waals surface area contributed by atoms with Crippen LogP contribution in [0, 0.1) is 6.42 Å². The minimum Gasteiger partial charge on any atom is -0.496 e. The first-order chi connectivity index (χ1) is 5.92. The highest BCUT2D eigenvalue weighted by molar-refractivity contribution is 5.42. The second kappa shape index (κ2) is 3.18. The first-order valence-electron chi connectivity index (χ1n) is 4.38. The zero-order chi connectivity index (χ0) is 8.39. The normalized spacial score (nSPS) is 15.4. The van der Waals surface area contributed by atoms with Crippen molar-refractivity contribution in [2.75, 3.05) is 7.11 Å². The molecule has 2 rings (SSSR count). The van der Waals surface area contributed by atoms with Crippen molar-refractivity contribution in [2.24, 2.45) is 0 Å². The minimum atomic E-state index is 1.04. The molecule has 1 aliphatic carbocycles. The van der Waals surface area contributed by atoms with Crippen LogP contribution in [0.1, 0.15) is 17.5 Å². The molecule has 0 heterocycles. The Morgan fingerprint density at radius 1 is 1.33 bits per heavy atom. The molecule has 0 atom stereocenters. The molecular formula is C11H13O. The van der Waals surface area contributed by atoms with E-state index in [4.69, 9.17) is 4.74 Å². The van der Waals surface area contributed by atoms with Gasteiger partial charge in [0.05, 0.1) is 7.11 Å². The molecule has 1 radical (unpaired) electrons. The molecule has 63 valence electrons. The van der Waals surface area contributed by atoms with Crippen molar-refractivity contribution >= 4 is 0 Å². The van der Waals surface area contributed by atoms with Crippen LogP contribution in [0.2, 0.25) is 0 Å².